The number of allylic oxidation sites excluding steroid dienone is 2. The minimum absolute atomic E-state index is 0.0628. The number of ether oxygens (including phenoxy) is 2. The lowest BCUT2D eigenvalue weighted by Crippen LogP contribution is -2.20. The summed E-state index contributed by atoms with van der Waals surface area (Å²) in [5.41, 5.74) is 2.66. The Hall–Kier alpha value is -3.05. The summed E-state index contributed by atoms with van der Waals surface area (Å²) < 4.78 is 56.6. The summed E-state index contributed by atoms with van der Waals surface area (Å²) in [6.07, 6.45) is 16.2. The monoisotopic (exact) mass is 578 g/mol. The highest BCUT2D eigenvalue weighted by Crippen LogP contribution is 2.36. The smallest absolute Gasteiger partial charge is 0.201 e. The Bertz CT molecular complexity index is 1280. The molecule has 5 heteroatoms. The van der Waals surface area contributed by atoms with E-state index in [9.17, 15) is 8.78 Å². The zero-order chi connectivity index (χ0) is 29.7. The molecule has 1 aliphatic heterocycles. The van der Waals surface area contributed by atoms with Crippen molar-refractivity contribution in [2.45, 2.75) is 90.6 Å². The molecule has 0 saturated carbocycles. The van der Waals surface area contributed by atoms with Crippen molar-refractivity contribution in [3.63, 3.8) is 0 Å². The second-order valence-electron chi connectivity index (χ2n) is 11.4. The van der Waals surface area contributed by atoms with Crippen LogP contribution in [0.4, 0.5) is 13.2 Å². The van der Waals surface area contributed by atoms with Gasteiger partial charge < -0.3 is 9.47 Å². The molecule has 1 heterocycles. The van der Waals surface area contributed by atoms with Crippen molar-refractivity contribution < 1.29 is 22.6 Å². The van der Waals surface area contributed by atoms with Gasteiger partial charge in [-0.05, 0) is 79.8 Å². The van der Waals surface area contributed by atoms with E-state index < -0.39 is 11.6 Å². The fourth-order valence-electron chi connectivity index (χ4n) is 5.70. The highest BCUT2D eigenvalue weighted by Gasteiger charge is 2.23. The van der Waals surface area contributed by atoms with Crippen molar-refractivity contribution in [2.24, 2.45) is 5.92 Å². The van der Waals surface area contributed by atoms with E-state index in [-0.39, 0.29) is 23.2 Å². The standard InChI is InChI=1S/C37H45F3O2/c1-3-5-7-8-9-10-12-24-41-35-23-21-32(36(39)37(35)40)29-17-15-28(16-18-29)31-20-19-30(25-33(31)38)34-22-14-27(26-42-34)13-11-6-4-2/h4,6,15-21,23,25,27,34H,3,5,7-14,22,24,26H2,1-2H3. The second-order valence-corrected chi connectivity index (χ2v) is 11.4. The Morgan fingerprint density at radius 3 is 2.17 bits per heavy atom. The highest BCUT2D eigenvalue weighted by atomic mass is 19.2. The SMILES string of the molecule is CC=CCCC1CCC(c2ccc(-c3ccc(-c4ccc(OCCCCCCCCC)c(F)c4F)cc3)c(F)c2)OC1. The normalized spacial score (nSPS) is 17.2. The molecular formula is C37H45F3O2. The van der Waals surface area contributed by atoms with Crippen molar-refractivity contribution >= 4 is 0 Å². The number of hydrogen-bond donors (Lipinski definition) is 0. The molecule has 2 nitrogen and oxygen atoms in total. The summed E-state index contributed by atoms with van der Waals surface area (Å²) in [4.78, 5) is 0. The molecule has 3 aromatic rings. The van der Waals surface area contributed by atoms with E-state index in [2.05, 4.69) is 19.1 Å². The molecular weight excluding hydrogens is 533 g/mol. The summed E-state index contributed by atoms with van der Waals surface area (Å²) in [6.45, 7) is 5.30. The zero-order valence-electron chi connectivity index (χ0n) is 25.1. The summed E-state index contributed by atoms with van der Waals surface area (Å²) in [6, 6.07) is 15.2. The van der Waals surface area contributed by atoms with E-state index in [1.54, 1.807) is 36.4 Å². The van der Waals surface area contributed by atoms with E-state index in [4.69, 9.17) is 9.47 Å². The predicted molar refractivity (Wildman–Crippen MR) is 166 cm³/mol. The van der Waals surface area contributed by atoms with Crippen molar-refractivity contribution in [1.29, 1.82) is 0 Å². The van der Waals surface area contributed by atoms with Gasteiger partial charge in [-0.3, -0.25) is 0 Å². The molecule has 4 rings (SSSR count). The van der Waals surface area contributed by atoms with Crippen molar-refractivity contribution in [3.05, 3.63) is 89.8 Å². The molecule has 1 fully saturated rings. The van der Waals surface area contributed by atoms with Gasteiger partial charge in [0.05, 0.1) is 19.3 Å². The molecule has 42 heavy (non-hydrogen) atoms. The average Bonchev–Trinajstić information content (AvgIpc) is 3.01. The molecule has 0 radical (unpaired) electrons. The highest BCUT2D eigenvalue weighted by molar-refractivity contribution is 5.71. The Kier molecular flexibility index (Phi) is 12.6. The number of halogens is 3. The van der Waals surface area contributed by atoms with Gasteiger partial charge in [-0.2, -0.15) is 4.39 Å². The molecule has 0 amide bonds. The Morgan fingerprint density at radius 1 is 0.810 bits per heavy atom. The molecule has 2 atom stereocenters. The number of benzene rings is 3. The fraction of sp³-hybridized carbons (Fsp3) is 0.459. The van der Waals surface area contributed by atoms with Crippen LogP contribution >= 0.6 is 0 Å². The van der Waals surface area contributed by atoms with Crippen LogP contribution in [0.2, 0.25) is 0 Å². The summed E-state index contributed by atoms with van der Waals surface area (Å²) in [7, 11) is 0. The quantitative estimate of drug-likeness (QED) is 0.132. The molecule has 3 aromatic carbocycles. The second kappa shape index (κ2) is 16.6. The Balaban J connectivity index is 1.33. The van der Waals surface area contributed by atoms with Crippen LogP contribution in [-0.4, -0.2) is 13.2 Å². The lowest BCUT2D eigenvalue weighted by Gasteiger charge is -2.29. The third kappa shape index (κ3) is 8.73. The first-order chi connectivity index (χ1) is 20.5. The Morgan fingerprint density at radius 2 is 1.50 bits per heavy atom. The minimum Gasteiger partial charge on any atom is -0.490 e. The van der Waals surface area contributed by atoms with Crippen molar-refractivity contribution in [2.75, 3.05) is 13.2 Å². The van der Waals surface area contributed by atoms with E-state index in [1.807, 2.05) is 13.0 Å². The lowest BCUT2D eigenvalue weighted by molar-refractivity contribution is -0.0191. The minimum atomic E-state index is -0.977. The van der Waals surface area contributed by atoms with Crippen LogP contribution in [-0.2, 0) is 4.74 Å². The van der Waals surface area contributed by atoms with E-state index in [1.165, 1.54) is 37.8 Å². The van der Waals surface area contributed by atoms with Crippen LogP contribution in [0.3, 0.4) is 0 Å². The molecule has 0 N–H and O–H groups in total. The number of hydrogen-bond acceptors (Lipinski definition) is 2. The van der Waals surface area contributed by atoms with Gasteiger partial charge in [0.2, 0.25) is 5.82 Å². The molecule has 2 unspecified atom stereocenters. The first-order valence-corrected chi connectivity index (χ1v) is 15.8. The van der Waals surface area contributed by atoms with E-state index in [0.717, 1.165) is 50.5 Å². The first kappa shape index (κ1) is 31.9. The lowest BCUT2D eigenvalue weighted by atomic mass is 9.91. The van der Waals surface area contributed by atoms with Crippen molar-refractivity contribution in [3.8, 4) is 28.0 Å². The third-order valence-corrected chi connectivity index (χ3v) is 8.27. The van der Waals surface area contributed by atoms with Gasteiger partial charge in [0.25, 0.3) is 0 Å². The van der Waals surface area contributed by atoms with E-state index in [0.29, 0.717) is 35.8 Å². The van der Waals surface area contributed by atoms with Gasteiger partial charge in [0.1, 0.15) is 5.82 Å². The average molecular weight is 579 g/mol. The molecule has 226 valence electrons. The maximum absolute atomic E-state index is 15.2. The molecule has 1 aliphatic rings. The molecule has 0 spiro atoms. The Labute approximate surface area is 250 Å². The molecule has 0 bridgehead atoms. The van der Waals surface area contributed by atoms with Crippen LogP contribution in [0.15, 0.2) is 66.7 Å². The molecule has 1 saturated heterocycles. The van der Waals surface area contributed by atoms with Gasteiger partial charge in [0, 0.05) is 11.1 Å². The maximum atomic E-state index is 15.2. The zero-order valence-corrected chi connectivity index (χ0v) is 25.1. The maximum Gasteiger partial charge on any atom is 0.201 e. The summed E-state index contributed by atoms with van der Waals surface area (Å²) >= 11 is 0. The largest absolute Gasteiger partial charge is 0.490 e. The first-order valence-electron chi connectivity index (χ1n) is 15.8. The van der Waals surface area contributed by atoms with Crippen LogP contribution < -0.4 is 4.74 Å². The molecule has 0 aromatic heterocycles. The van der Waals surface area contributed by atoms with Gasteiger partial charge in [-0.15, -0.1) is 0 Å². The van der Waals surface area contributed by atoms with Crippen molar-refractivity contribution in [1.82, 2.24) is 0 Å². The topological polar surface area (TPSA) is 18.5 Å². The fourth-order valence-corrected chi connectivity index (χ4v) is 5.70. The summed E-state index contributed by atoms with van der Waals surface area (Å²) in [5.74, 6) is -1.75. The third-order valence-electron chi connectivity index (χ3n) is 8.27. The van der Waals surface area contributed by atoms with Gasteiger partial charge in [-0.1, -0.05) is 94.0 Å². The van der Waals surface area contributed by atoms with Gasteiger partial charge >= 0.3 is 0 Å². The van der Waals surface area contributed by atoms with Crippen LogP contribution in [0.5, 0.6) is 5.75 Å². The van der Waals surface area contributed by atoms with Crippen LogP contribution in [0.25, 0.3) is 22.3 Å². The number of rotatable bonds is 15. The van der Waals surface area contributed by atoms with Gasteiger partial charge in [-0.25, -0.2) is 8.78 Å². The van der Waals surface area contributed by atoms with Gasteiger partial charge in [0.15, 0.2) is 11.6 Å². The van der Waals surface area contributed by atoms with Crippen LogP contribution in [0.1, 0.15) is 96.1 Å². The summed E-state index contributed by atoms with van der Waals surface area (Å²) in [5, 5.41) is 0. The number of unbranched alkanes of at least 4 members (excludes halogenated alkanes) is 6. The molecule has 0 aliphatic carbocycles. The predicted octanol–water partition coefficient (Wildman–Crippen LogP) is 11.4. The van der Waals surface area contributed by atoms with Crippen LogP contribution in [0, 0.1) is 23.4 Å². The van der Waals surface area contributed by atoms with E-state index >= 15 is 4.39 Å².